The van der Waals surface area contributed by atoms with Crippen molar-refractivity contribution in [2.75, 3.05) is 6.54 Å². The fraction of sp³-hybridized carbons (Fsp3) is 1.00. The van der Waals surface area contributed by atoms with E-state index in [4.69, 9.17) is 5.73 Å². The molecule has 0 spiro atoms. The summed E-state index contributed by atoms with van der Waals surface area (Å²) >= 11 is 0. The molecular weight excluding hydrogens is 148 g/mol. The predicted molar refractivity (Wildman–Crippen MR) is 50.9 cm³/mol. The average molecular weight is 168 g/mol. The monoisotopic (exact) mass is 168 g/mol. The lowest BCUT2D eigenvalue weighted by Gasteiger charge is -2.41. The third-order valence-corrected chi connectivity index (χ3v) is 3.70. The molecule has 0 amide bonds. The van der Waals surface area contributed by atoms with Crippen molar-refractivity contribution in [1.82, 2.24) is 4.90 Å². The maximum absolute atomic E-state index is 6.02. The summed E-state index contributed by atoms with van der Waals surface area (Å²) in [5, 5.41) is 0. The Morgan fingerprint density at radius 2 is 1.83 bits per heavy atom. The number of likely N-dealkylation sites (tertiary alicyclic amines) is 1. The molecule has 70 valence electrons. The summed E-state index contributed by atoms with van der Waals surface area (Å²) in [6, 6.07) is 2.06. The van der Waals surface area contributed by atoms with Gasteiger partial charge in [-0.05, 0) is 32.1 Å². The van der Waals surface area contributed by atoms with Gasteiger partial charge in [0.2, 0.25) is 0 Å². The maximum Gasteiger partial charge on any atom is 0.0110 e. The first kappa shape index (κ1) is 8.52. The predicted octanol–water partition coefficient (Wildman–Crippen LogP) is 1.21. The minimum atomic E-state index is 0.440. The molecule has 2 aliphatic rings. The smallest absolute Gasteiger partial charge is 0.0110 e. The summed E-state index contributed by atoms with van der Waals surface area (Å²) in [5.74, 6) is 0.680. The van der Waals surface area contributed by atoms with Crippen LogP contribution in [-0.2, 0) is 0 Å². The highest BCUT2D eigenvalue weighted by molar-refractivity contribution is 4.94. The highest BCUT2D eigenvalue weighted by Gasteiger charge is 2.38. The van der Waals surface area contributed by atoms with Gasteiger partial charge in [-0.15, -0.1) is 0 Å². The maximum atomic E-state index is 6.02. The highest BCUT2D eigenvalue weighted by Crippen LogP contribution is 2.34. The molecule has 1 aliphatic carbocycles. The van der Waals surface area contributed by atoms with Crippen LogP contribution in [0.1, 0.15) is 33.1 Å². The molecule has 0 radical (unpaired) electrons. The quantitative estimate of drug-likeness (QED) is 0.637. The van der Waals surface area contributed by atoms with Crippen molar-refractivity contribution < 1.29 is 0 Å². The van der Waals surface area contributed by atoms with Gasteiger partial charge >= 0.3 is 0 Å². The van der Waals surface area contributed by atoms with Crippen LogP contribution in [0.25, 0.3) is 0 Å². The standard InChI is InChI=1S/C10H20N2/c1-7-8(2)12(9-3-4-9)6-5-10(7)11/h7-10H,3-6,11H2,1-2H3. The van der Waals surface area contributed by atoms with E-state index in [2.05, 4.69) is 18.7 Å². The molecule has 1 aliphatic heterocycles. The fourth-order valence-corrected chi connectivity index (χ4v) is 2.35. The van der Waals surface area contributed by atoms with Gasteiger partial charge < -0.3 is 5.73 Å². The Morgan fingerprint density at radius 1 is 1.17 bits per heavy atom. The van der Waals surface area contributed by atoms with Crippen molar-refractivity contribution in [1.29, 1.82) is 0 Å². The Hall–Kier alpha value is -0.0800. The third kappa shape index (κ3) is 1.38. The lowest BCUT2D eigenvalue weighted by atomic mass is 9.87. The van der Waals surface area contributed by atoms with Crippen molar-refractivity contribution in [3.63, 3.8) is 0 Å². The summed E-state index contributed by atoms with van der Waals surface area (Å²) in [6.45, 7) is 5.86. The minimum Gasteiger partial charge on any atom is -0.327 e. The molecule has 3 unspecified atom stereocenters. The van der Waals surface area contributed by atoms with E-state index in [1.54, 1.807) is 0 Å². The van der Waals surface area contributed by atoms with Crippen LogP contribution < -0.4 is 5.73 Å². The number of hydrogen-bond donors (Lipinski definition) is 1. The average Bonchev–Trinajstić information content (AvgIpc) is 2.84. The van der Waals surface area contributed by atoms with E-state index in [1.807, 2.05) is 0 Å². The molecular formula is C10H20N2. The molecule has 2 N–H and O–H groups in total. The molecule has 2 rings (SSSR count). The van der Waals surface area contributed by atoms with E-state index < -0.39 is 0 Å². The van der Waals surface area contributed by atoms with Crippen molar-refractivity contribution >= 4 is 0 Å². The number of piperidine rings is 1. The largest absolute Gasteiger partial charge is 0.327 e. The summed E-state index contributed by atoms with van der Waals surface area (Å²) < 4.78 is 0. The van der Waals surface area contributed by atoms with E-state index in [-0.39, 0.29) is 0 Å². The van der Waals surface area contributed by atoms with Crippen molar-refractivity contribution in [2.45, 2.75) is 51.2 Å². The van der Waals surface area contributed by atoms with Gasteiger partial charge in [-0.1, -0.05) is 6.92 Å². The van der Waals surface area contributed by atoms with Gasteiger partial charge in [0.1, 0.15) is 0 Å². The zero-order valence-corrected chi connectivity index (χ0v) is 8.16. The first-order valence-electron chi connectivity index (χ1n) is 5.21. The summed E-state index contributed by atoms with van der Waals surface area (Å²) in [6.07, 6.45) is 4.04. The second-order valence-corrected chi connectivity index (χ2v) is 4.52. The van der Waals surface area contributed by atoms with E-state index in [9.17, 15) is 0 Å². The van der Waals surface area contributed by atoms with Gasteiger partial charge in [-0.3, -0.25) is 4.90 Å². The third-order valence-electron chi connectivity index (χ3n) is 3.70. The van der Waals surface area contributed by atoms with Crippen LogP contribution in [-0.4, -0.2) is 29.6 Å². The first-order valence-corrected chi connectivity index (χ1v) is 5.21. The Bertz CT molecular complexity index is 165. The van der Waals surface area contributed by atoms with Gasteiger partial charge in [0.05, 0.1) is 0 Å². The van der Waals surface area contributed by atoms with Crippen LogP contribution in [0, 0.1) is 5.92 Å². The zero-order valence-electron chi connectivity index (χ0n) is 8.16. The molecule has 0 bridgehead atoms. The topological polar surface area (TPSA) is 29.3 Å². The minimum absolute atomic E-state index is 0.440. The van der Waals surface area contributed by atoms with Crippen molar-refractivity contribution in [2.24, 2.45) is 11.7 Å². The number of nitrogens with two attached hydrogens (primary N) is 1. The zero-order chi connectivity index (χ0) is 8.72. The second kappa shape index (κ2) is 3.00. The number of rotatable bonds is 1. The Labute approximate surface area is 75.1 Å². The molecule has 2 heteroatoms. The van der Waals surface area contributed by atoms with E-state index in [0.29, 0.717) is 18.0 Å². The molecule has 1 heterocycles. The Kier molecular flexibility index (Phi) is 2.13. The van der Waals surface area contributed by atoms with Crippen molar-refractivity contribution in [3.05, 3.63) is 0 Å². The van der Waals surface area contributed by atoms with Gasteiger partial charge in [0, 0.05) is 24.7 Å². The lowest BCUT2D eigenvalue weighted by Crippen LogP contribution is -2.52. The van der Waals surface area contributed by atoms with Crippen LogP contribution >= 0.6 is 0 Å². The van der Waals surface area contributed by atoms with Gasteiger partial charge in [-0.25, -0.2) is 0 Å². The molecule has 0 aromatic carbocycles. The highest BCUT2D eigenvalue weighted by atomic mass is 15.2. The van der Waals surface area contributed by atoms with Crippen LogP contribution in [0.2, 0.25) is 0 Å². The molecule has 12 heavy (non-hydrogen) atoms. The molecule has 1 saturated heterocycles. The Morgan fingerprint density at radius 3 is 2.42 bits per heavy atom. The van der Waals surface area contributed by atoms with E-state index in [1.165, 1.54) is 25.8 Å². The molecule has 2 fully saturated rings. The van der Waals surface area contributed by atoms with Crippen LogP contribution in [0.3, 0.4) is 0 Å². The van der Waals surface area contributed by atoms with E-state index in [0.717, 1.165) is 6.04 Å². The molecule has 3 atom stereocenters. The van der Waals surface area contributed by atoms with Gasteiger partial charge in [0.15, 0.2) is 0 Å². The SMILES string of the molecule is CC1C(N)CCN(C2CC2)C1C. The van der Waals surface area contributed by atoms with Gasteiger partial charge in [0.25, 0.3) is 0 Å². The molecule has 0 aromatic heterocycles. The normalized spacial score (nSPS) is 44.8. The van der Waals surface area contributed by atoms with Crippen LogP contribution in [0.5, 0.6) is 0 Å². The van der Waals surface area contributed by atoms with Crippen LogP contribution in [0.15, 0.2) is 0 Å². The number of nitrogens with zero attached hydrogens (tertiary/aromatic N) is 1. The summed E-state index contributed by atoms with van der Waals surface area (Å²) in [4.78, 5) is 2.66. The summed E-state index contributed by atoms with van der Waals surface area (Å²) in [5.41, 5.74) is 6.02. The van der Waals surface area contributed by atoms with E-state index >= 15 is 0 Å². The number of hydrogen-bond acceptors (Lipinski definition) is 2. The van der Waals surface area contributed by atoms with Crippen molar-refractivity contribution in [3.8, 4) is 0 Å². The fourth-order valence-electron chi connectivity index (χ4n) is 2.35. The summed E-state index contributed by atoms with van der Waals surface area (Å²) in [7, 11) is 0. The second-order valence-electron chi connectivity index (χ2n) is 4.52. The molecule has 0 aromatic rings. The lowest BCUT2D eigenvalue weighted by molar-refractivity contribution is 0.0905. The van der Waals surface area contributed by atoms with Gasteiger partial charge in [-0.2, -0.15) is 0 Å². The Balaban J connectivity index is 1.98. The molecule has 2 nitrogen and oxygen atoms in total. The first-order chi connectivity index (χ1) is 5.70. The van der Waals surface area contributed by atoms with Crippen LogP contribution in [0.4, 0.5) is 0 Å². The molecule has 1 saturated carbocycles.